The first-order chi connectivity index (χ1) is 11.6. The highest BCUT2D eigenvalue weighted by molar-refractivity contribution is 9.10. The van der Waals surface area contributed by atoms with Crippen molar-refractivity contribution < 1.29 is 36.5 Å². The maximum Gasteiger partial charge on any atom is 0.335 e. The third-order valence-electron chi connectivity index (χ3n) is 3.37. The third-order valence-corrected chi connectivity index (χ3v) is 4.65. The fraction of sp³-hybridized carbons (Fsp3) is 0.286. The van der Waals surface area contributed by atoms with E-state index in [0.29, 0.717) is 9.99 Å². The van der Waals surface area contributed by atoms with Crippen LogP contribution in [-0.4, -0.2) is 66.7 Å². The van der Waals surface area contributed by atoms with Gasteiger partial charge in [-0.05, 0) is 34.1 Å². The molecule has 10 heteroatoms. The number of H-pyrrole nitrogens is 1. The molecule has 6 N–H and O–H groups in total. The Labute approximate surface area is 149 Å². The monoisotopic (exact) mass is 422 g/mol. The number of carboxylic acids is 1. The maximum absolute atomic E-state index is 12.3. The molecule has 1 aromatic heterocycles. The number of nitrogens with one attached hydrogen (secondary N) is 1. The van der Waals surface area contributed by atoms with Crippen molar-refractivity contribution in [1.29, 1.82) is 0 Å². The second kappa shape index (κ2) is 7.18. The van der Waals surface area contributed by atoms with Crippen molar-refractivity contribution in [3.05, 3.63) is 33.4 Å². The zero-order chi connectivity index (χ0) is 19.0. The quantitative estimate of drug-likeness (QED) is 0.365. The van der Waals surface area contributed by atoms with Crippen molar-refractivity contribution in [3.8, 4) is 0 Å². The van der Waals surface area contributed by atoms with E-state index in [1.807, 2.05) is 0 Å². The van der Waals surface area contributed by atoms with Crippen LogP contribution < -0.4 is 0 Å². The van der Waals surface area contributed by atoms with Gasteiger partial charge in [0.25, 0.3) is 0 Å². The van der Waals surface area contributed by atoms with E-state index in [1.165, 1.54) is 6.07 Å². The zero-order valence-electron chi connectivity index (χ0n) is 12.8. The topological polar surface area (TPSA) is 151 Å². The van der Waals surface area contributed by atoms with Crippen LogP contribution in [0.1, 0.15) is 11.9 Å². The lowest BCUT2D eigenvalue weighted by atomic mass is 9.99. The first-order valence-electron chi connectivity index (χ1n) is 7.03. The molecule has 0 saturated heterocycles. The fourth-order valence-electron chi connectivity index (χ4n) is 2.01. The number of aliphatic carboxylic acids is 1. The van der Waals surface area contributed by atoms with Gasteiger partial charge in [-0.2, -0.15) is 0 Å². The zero-order valence-corrected chi connectivity index (χ0v) is 14.1. The first kappa shape index (κ1) is 17.3. The summed E-state index contributed by atoms with van der Waals surface area (Å²) >= 11 is 9.25. The molecule has 0 spiro atoms. The Morgan fingerprint density at radius 1 is 1.17 bits per heavy atom. The molecule has 0 unspecified atom stereocenters. The Balaban J connectivity index is 2.37. The minimum absolute atomic E-state index is 0.161. The molecule has 4 atom stereocenters. The van der Waals surface area contributed by atoms with Gasteiger partial charge < -0.3 is 30.5 Å². The van der Waals surface area contributed by atoms with E-state index in [2.05, 4.69) is 20.9 Å². The van der Waals surface area contributed by atoms with Crippen molar-refractivity contribution in [1.82, 2.24) is 4.98 Å². The molecule has 0 aliphatic rings. The average Bonchev–Trinajstić information content (AvgIpc) is 2.92. The van der Waals surface area contributed by atoms with E-state index < -0.39 is 41.9 Å². The summed E-state index contributed by atoms with van der Waals surface area (Å²) in [6.45, 7) is 0. The van der Waals surface area contributed by atoms with Crippen LogP contribution in [0.15, 0.2) is 22.6 Å². The maximum atomic E-state index is 12.3. The number of hydrogen-bond donors (Lipinski definition) is 6. The van der Waals surface area contributed by atoms with Gasteiger partial charge in [-0.15, -0.1) is 0 Å². The number of fused-ring (bicyclic) bond motifs is 1. The molecule has 0 amide bonds. The van der Waals surface area contributed by atoms with Crippen molar-refractivity contribution in [2.75, 3.05) is 0 Å². The Hall–Kier alpha value is -1.49. The van der Waals surface area contributed by atoms with Crippen molar-refractivity contribution >= 4 is 50.2 Å². The van der Waals surface area contributed by atoms with Crippen molar-refractivity contribution in [2.45, 2.75) is 24.4 Å². The van der Waals surface area contributed by atoms with Gasteiger partial charge in [-0.3, -0.25) is 4.79 Å². The average molecular weight is 424 g/mol. The molecule has 24 heavy (non-hydrogen) atoms. The van der Waals surface area contributed by atoms with Gasteiger partial charge in [-0.1, -0.05) is 11.6 Å². The summed E-state index contributed by atoms with van der Waals surface area (Å²) in [6.07, 6.45) is -9.27. The number of rotatable bonds is 6. The lowest BCUT2D eigenvalue weighted by Gasteiger charge is -2.23. The summed E-state index contributed by atoms with van der Waals surface area (Å²) in [5.74, 6) is -3.01. The number of carbonyl (C=O) groups excluding carboxylic acids is 1. The lowest BCUT2D eigenvalue weighted by molar-refractivity contribution is -0.161. The van der Waals surface area contributed by atoms with E-state index in [-0.39, 0.29) is 16.5 Å². The molecule has 0 saturated carbocycles. The summed E-state index contributed by atoms with van der Waals surface area (Å²) < 4.78 is 8.51. The Morgan fingerprint density at radius 3 is 2.33 bits per heavy atom. The fourth-order valence-corrected chi connectivity index (χ4v) is 2.56. The predicted molar refractivity (Wildman–Crippen MR) is 87.0 cm³/mol. The summed E-state index contributed by atoms with van der Waals surface area (Å²) in [6, 6.07) is 2.77. The number of aliphatic hydroxyl groups is 4. The number of carboxylic acid groups (broad SMARTS) is 1. The standard InChI is InChI=1S/C14H13BrClNO7/c15-5-1-2-6-4(8(5)16)3-7(17-6)9(18)10(19)11(20)12(21)13(22)14(23)24/h1-3,10-13,17,19-22H,(H,23,24)/t10-,11+,12-,13-/m0/s1/i3D. The van der Waals surface area contributed by atoms with E-state index in [1.54, 1.807) is 6.07 Å². The highest BCUT2D eigenvalue weighted by Crippen LogP contribution is 2.31. The smallest absolute Gasteiger partial charge is 0.335 e. The highest BCUT2D eigenvalue weighted by atomic mass is 79.9. The van der Waals surface area contributed by atoms with Crippen LogP contribution in [0.3, 0.4) is 0 Å². The molecule has 130 valence electrons. The second-order valence-corrected chi connectivity index (χ2v) is 6.21. The molecule has 1 heterocycles. The van der Waals surface area contributed by atoms with Gasteiger partial charge >= 0.3 is 5.97 Å². The molecular formula is C14H13BrClNO7. The molecule has 0 fully saturated rings. The summed E-state index contributed by atoms with van der Waals surface area (Å²) in [5, 5.41) is 47.3. The van der Waals surface area contributed by atoms with E-state index in [9.17, 15) is 30.0 Å². The third kappa shape index (κ3) is 3.46. The minimum Gasteiger partial charge on any atom is -0.479 e. The predicted octanol–water partition coefficient (Wildman–Crippen LogP) is 0.295. The van der Waals surface area contributed by atoms with Crippen LogP contribution in [0, 0.1) is 0 Å². The number of aliphatic hydroxyl groups excluding tert-OH is 4. The molecule has 0 bridgehead atoms. The van der Waals surface area contributed by atoms with Gasteiger partial charge in [0.05, 0.1) is 12.1 Å². The Bertz CT molecular complexity index is 842. The lowest BCUT2D eigenvalue weighted by Crippen LogP contribution is -2.50. The molecule has 0 aliphatic carbocycles. The number of Topliss-reactive ketones (excluding diaryl/α,β-unsaturated/α-hetero) is 1. The SMILES string of the molecule is [2H]c1c(C(=O)[C@H](O)[C@@H](O)[C@H](O)[C@H](O)C(=O)O)[nH]c2ccc(Br)c(Cl)c12. The van der Waals surface area contributed by atoms with Gasteiger partial charge in [0.15, 0.2) is 6.10 Å². The molecule has 0 radical (unpaired) electrons. The molecule has 2 rings (SSSR count). The highest BCUT2D eigenvalue weighted by Gasteiger charge is 2.38. The summed E-state index contributed by atoms with van der Waals surface area (Å²) in [7, 11) is 0. The van der Waals surface area contributed by atoms with Crippen LogP contribution in [0.4, 0.5) is 0 Å². The summed E-state index contributed by atoms with van der Waals surface area (Å²) in [5.41, 5.74) is -0.0621. The van der Waals surface area contributed by atoms with Gasteiger partial charge in [0.1, 0.15) is 18.3 Å². The number of aromatic amines is 1. The minimum atomic E-state index is -2.40. The number of carbonyl (C=O) groups is 2. The number of hydrogen-bond acceptors (Lipinski definition) is 6. The van der Waals surface area contributed by atoms with Gasteiger partial charge in [-0.25, -0.2) is 4.79 Å². The molecule has 2 aromatic rings. The van der Waals surface area contributed by atoms with Gasteiger partial charge in [0, 0.05) is 15.4 Å². The largest absolute Gasteiger partial charge is 0.479 e. The summed E-state index contributed by atoms with van der Waals surface area (Å²) in [4.78, 5) is 25.5. The number of aromatic nitrogens is 1. The number of halogens is 2. The number of benzene rings is 1. The van der Waals surface area contributed by atoms with E-state index in [4.69, 9.17) is 18.1 Å². The normalized spacial score (nSPS) is 17.2. The molecular weight excluding hydrogens is 410 g/mol. The van der Waals surface area contributed by atoms with Crippen LogP contribution in [0.5, 0.6) is 0 Å². The van der Waals surface area contributed by atoms with Crippen molar-refractivity contribution in [2.24, 2.45) is 0 Å². The number of ketones is 1. The first-order valence-corrected chi connectivity index (χ1v) is 7.70. The van der Waals surface area contributed by atoms with E-state index in [0.717, 1.165) is 0 Å². The Morgan fingerprint density at radius 2 is 1.75 bits per heavy atom. The van der Waals surface area contributed by atoms with Crippen LogP contribution >= 0.6 is 27.5 Å². The molecule has 1 aromatic carbocycles. The van der Waals surface area contributed by atoms with Crippen molar-refractivity contribution in [3.63, 3.8) is 0 Å². The van der Waals surface area contributed by atoms with Crippen LogP contribution in [0.25, 0.3) is 10.9 Å². The van der Waals surface area contributed by atoms with E-state index >= 15 is 0 Å². The molecule has 8 nitrogen and oxygen atoms in total. The Kier molecular flexibility index (Phi) is 5.18. The van der Waals surface area contributed by atoms with Crippen LogP contribution in [-0.2, 0) is 4.79 Å². The second-order valence-electron chi connectivity index (χ2n) is 4.98. The van der Waals surface area contributed by atoms with Gasteiger partial charge in [0.2, 0.25) is 5.78 Å². The molecule has 0 aliphatic heterocycles. The van der Waals surface area contributed by atoms with Crippen LogP contribution in [0.2, 0.25) is 5.02 Å².